The van der Waals surface area contributed by atoms with Gasteiger partial charge < -0.3 is 4.74 Å². The topological polar surface area (TPSA) is 9.23 Å². The Kier molecular flexibility index (Phi) is 2.35. The lowest BCUT2D eigenvalue weighted by atomic mass is 10.0. The molecule has 0 spiro atoms. The molecule has 0 saturated heterocycles. The van der Waals surface area contributed by atoms with E-state index < -0.39 is 0 Å². The zero-order valence-electron chi connectivity index (χ0n) is 7.92. The van der Waals surface area contributed by atoms with Gasteiger partial charge in [0.1, 0.15) is 5.76 Å². The van der Waals surface area contributed by atoms with Crippen LogP contribution >= 0.6 is 0 Å². The van der Waals surface area contributed by atoms with E-state index >= 15 is 0 Å². The third kappa shape index (κ3) is 1.59. The van der Waals surface area contributed by atoms with Crippen LogP contribution in [0, 0.1) is 0 Å². The van der Waals surface area contributed by atoms with E-state index in [1.165, 1.54) is 24.0 Å². The number of fused-ring (bicyclic) bond motifs is 1. The van der Waals surface area contributed by atoms with Crippen molar-refractivity contribution in [3.05, 3.63) is 41.5 Å². The minimum absolute atomic E-state index is 1.04. The van der Waals surface area contributed by atoms with E-state index in [2.05, 4.69) is 30.3 Å². The fourth-order valence-corrected chi connectivity index (χ4v) is 1.81. The first-order chi connectivity index (χ1) is 6.42. The predicted octanol–water partition coefficient (Wildman–Crippen LogP) is 3.01. The Morgan fingerprint density at radius 1 is 1.23 bits per heavy atom. The Balaban J connectivity index is 2.47. The fraction of sp³-hybridized carbons (Fsp3) is 0.333. The standard InChI is InChI=1S/C12H14O/c1-13-12-9-5-3-7-10-6-2-4-8-11(10)12/h2,4,6,8-9H,3,5,7H2,1H3. The molecule has 0 unspecified atom stereocenters. The monoisotopic (exact) mass is 174 g/mol. The van der Waals surface area contributed by atoms with Gasteiger partial charge in [-0.1, -0.05) is 24.3 Å². The summed E-state index contributed by atoms with van der Waals surface area (Å²) in [6.45, 7) is 0. The van der Waals surface area contributed by atoms with Crippen LogP contribution in [0.3, 0.4) is 0 Å². The molecule has 0 saturated carbocycles. The molecule has 2 rings (SSSR count). The second kappa shape index (κ2) is 3.65. The minimum Gasteiger partial charge on any atom is -0.496 e. The molecule has 0 N–H and O–H groups in total. The van der Waals surface area contributed by atoms with Gasteiger partial charge in [0, 0.05) is 5.56 Å². The first-order valence-electron chi connectivity index (χ1n) is 4.74. The second-order valence-corrected chi connectivity index (χ2v) is 3.32. The number of ether oxygens (including phenoxy) is 1. The van der Waals surface area contributed by atoms with Gasteiger partial charge in [0.2, 0.25) is 0 Å². The quantitative estimate of drug-likeness (QED) is 0.636. The highest BCUT2D eigenvalue weighted by atomic mass is 16.5. The van der Waals surface area contributed by atoms with Gasteiger partial charge in [-0.15, -0.1) is 0 Å². The van der Waals surface area contributed by atoms with Crippen LogP contribution in [-0.4, -0.2) is 7.11 Å². The van der Waals surface area contributed by atoms with Crippen LogP contribution in [0.4, 0.5) is 0 Å². The van der Waals surface area contributed by atoms with Crippen molar-refractivity contribution in [3.63, 3.8) is 0 Å². The molecule has 1 nitrogen and oxygen atoms in total. The van der Waals surface area contributed by atoms with Crippen molar-refractivity contribution in [1.29, 1.82) is 0 Å². The number of allylic oxidation sites excluding steroid dienone is 1. The molecule has 0 heterocycles. The van der Waals surface area contributed by atoms with Gasteiger partial charge in [0.25, 0.3) is 0 Å². The molecule has 0 amide bonds. The van der Waals surface area contributed by atoms with Crippen LogP contribution in [-0.2, 0) is 11.2 Å². The van der Waals surface area contributed by atoms with Crippen LogP contribution in [0.2, 0.25) is 0 Å². The molecule has 13 heavy (non-hydrogen) atoms. The Morgan fingerprint density at radius 3 is 2.92 bits per heavy atom. The lowest BCUT2D eigenvalue weighted by Gasteiger charge is -2.08. The van der Waals surface area contributed by atoms with Crippen molar-refractivity contribution in [3.8, 4) is 0 Å². The van der Waals surface area contributed by atoms with Crippen LogP contribution in [0.1, 0.15) is 24.0 Å². The van der Waals surface area contributed by atoms with Crippen molar-refractivity contribution in [1.82, 2.24) is 0 Å². The Labute approximate surface area is 79.0 Å². The third-order valence-electron chi connectivity index (χ3n) is 2.48. The molecule has 1 aromatic carbocycles. The average molecular weight is 174 g/mol. The van der Waals surface area contributed by atoms with Gasteiger partial charge in [-0.05, 0) is 30.9 Å². The first kappa shape index (κ1) is 8.36. The molecular weight excluding hydrogens is 160 g/mol. The highest BCUT2D eigenvalue weighted by Gasteiger charge is 2.09. The molecule has 68 valence electrons. The minimum atomic E-state index is 1.04. The SMILES string of the molecule is COC1=CCCCc2ccccc21. The molecule has 0 aromatic heterocycles. The molecule has 0 bridgehead atoms. The van der Waals surface area contributed by atoms with E-state index in [0.29, 0.717) is 0 Å². The molecule has 1 aliphatic rings. The van der Waals surface area contributed by atoms with Crippen molar-refractivity contribution >= 4 is 5.76 Å². The van der Waals surface area contributed by atoms with Crippen molar-refractivity contribution < 1.29 is 4.74 Å². The number of hydrogen-bond donors (Lipinski definition) is 0. The summed E-state index contributed by atoms with van der Waals surface area (Å²) in [5.74, 6) is 1.04. The lowest BCUT2D eigenvalue weighted by Crippen LogP contribution is -1.91. The number of benzene rings is 1. The molecule has 1 aliphatic carbocycles. The molecule has 0 radical (unpaired) electrons. The summed E-state index contributed by atoms with van der Waals surface area (Å²) in [5.41, 5.74) is 2.68. The van der Waals surface area contributed by atoms with E-state index in [4.69, 9.17) is 4.74 Å². The number of aryl methyl sites for hydroxylation is 1. The van der Waals surface area contributed by atoms with E-state index in [1.807, 2.05) is 0 Å². The van der Waals surface area contributed by atoms with Gasteiger partial charge in [-0.3, -0.25) is 0 Å². The Hall–Kier alpha value is -1.24. The summed E-state index contributed by atoms with van der Waals surface area (Å²) in [4.78, 5) is 0. The predicted molar refractivity (Wildman–Crippen MR) is 54.4 cm³/mol. The maximum atomic E-state index is 5.36. The summed E-state index contributed by atoms with van der Waals surface area (Å²) in [7, 11) is 1.74. The summed E-state index contributed by atoms with van der Waals surface area (Å²) < 4.78 is 5.36. The Bertz CT molecular complexity index is 326. The van der Waals surface area contributed by atoms with Gasteiger partial charge in [-0.25, -0.2) is 0 Å². The highest BCUT2D eigenvalue weighted by Crippen LogP contribution is 2.25. The van der Waals surface area contributed by atoms with Gasteiger partial charge in [0.15, 0.2) is 0 Å². The zero-order chi connectivity index (χ0) is 9.10. The van der Waals surface area contributed by atoms with Gasteiger partial charge in [0.05, 0.1) is 7.11 Å². The number of hydrogen-bond acceptors (Lipinski definition) is 1. The van der Waals surface area contributed by atoms with Crippen LogP contribution in [0.5, 0.6) is 0 Å². The number of rotatable bonds is 1. The first-order valence-corrected chi connectivity index (χ1v) is 4.74. The molecular formula is C12H14O. The third-order valence-corrected chi connectivity index (χ3v) is 2.48. The molecule has 0 atom stereocenters. The largest absolute Gasteiger partial charge is 0.496 e. The maximum Gasteiger partial charge on any atom is 0.122 e. The zero-order valence-corrected chi connectivity index (χ0v) is 7.92. The molecule has 0 fully saturated rings. The van der Waals surface area contributed by atoms with E-state index in [1.54, 1.807) is 7.11 Å². The summed E-state index contributed by atoms with van der Waals surface area (Å²) in [5, 5.41) is 0. The van der Waals surface area contributed by atoms with Crippen LogP contribution in [0.25, 0.3) is 5.76 Å². The van der Waals surface area contributed by atoms with Gasteiger partial charge in [-0.2, -0.15) is 0 Å². The fourth-order valence-electron chi connectivity index (χ4n) is 1.81. The smallest absolute Gasteiger partial charge is 0.122 e. The summed E-state index contributed by atoms with van der Waals surface area (Å²) in [6, 6.07) is 8.48. The van der Waals surface area contributed by atoms with E-state index in [-0.39, 0.29) is 0 Å². The van der Waals surface area contributed by atoms with Crippen molar-refractivity contribution in [2.75, 3.05) is 7.11 Å². The molecule has 0 aliphatic heterocycles. The lowest BCUT2D eigenvalue weighted by molar-refractivity contribution is 0.369. The van der Waals surface area contributed by atoms with Crippen LogP contribution < -0.4 is 0 Å². The van der Waals surface area contributed by atoms with Crippen molar-refractivity contribution in [2.24, 2.45) is 0 Å². The van der Waals surface area contributed by atoms with Crippen LogP contribution in [0.15, 0.2) is 30.3 Å². The summed E-state index contributed by atoms with van der Waals surface area (Å²) in [6.07, 6.45) is 5.70. The normalized spacial score (nSPS) is 15.6. The maximum absolute atomic E-state index is 5.36. The van der Waals surface area contributed by atoms with E-state index in [0.717, 1.165) is 12.2 Å². The average Bonchev–Trinajstić information content (AvgIpc) is 2.39. The summed E-state index contributed by atoms with van der Waals surface area (Å²) >= 11 is 0. The highest BCUT2D eigenvalue weighted by molar-refractivity contribution is 5.63. The van der Waals surface area contributed by atoms with Gasteiger partial charge >= 0.3 is 0 Å². The second-order valence-electron chi connectivity index (χ2n) is 3.32. The van der Waals surface area contributed by atoms with E-state index in [9.17, 15) is 0 Å². The Morgan fingerprint density at radius 2 is 2.08 bits per heavy atom. The molecule has 1 heteroatoms. The number of methoxy groups -OCH3 is 1. The van der Waals surface area contributed by atoms with Crippen molar-refractivity contribution in [2.45, 2.75) is 19.3 Å². The molecule has 1 aromatic rings.